The summed E-state index contributed by atoms with van der Waals surface area (Å²) in [5.41, 5.74) is 0. The second-order valence-corrected chi connectivity index (χ2v) is 3.13. The predicted octanol–water partition coefficient (Wildman–Crippen LogP) is -0.0565. The highest BCUT2D eigenvalue weighted by Crippen LogP contribution is 2.15. The molecule has 3 N–H and O–H groups in total. The third kappa shape index (κ3) is 3.22. The van der Waals surface area contributed by atoms with E-state index in [9.17, 15) is 0 Å². The van der Waals surface area contributed by atoms with Crippen LogP contribution in [0.25, 0.3) is 0 Å². The molecule has 0 aromatic carbocycles. The van der Waals surface area contributed by atoms with Crippen LogP contribution >= 0.6 is 23.2 Å². The molecule has 0 saturated carbocycles. The second-order valence-electron chi connectivity index (χ2n) is 2.44. The topological polar surface area (TPSA) is 91.2 Å². The molecule has 0 amide bonds. The van der Waals surface area contributed by atoms with Gasteiger partial charge in [-0.05, 0) is 11.6 Å². The van der Waals surface area contributed by atoms with E-state index in [1.54, 1.807) is 0 Å². The minimum absolute atomic E-state index is 0.0459. The summed E-state index contributed by atoms with van der Waals surface area (Å²) >= 11 is 11.1. The summed E-state index contributed by atoms with van der Waals surface area (Å²) < 4.78 is 0. The van der Waals surface area contributed by atoms with Gasteiger partial charge in [-0.2, -0.15) is 4.98 Å². The van der Waals surface area contributed by atoms with Gasteiger partial charge in [0.2, 0.25) is 5.28 Å². The number of hydrogen-bond acceptors (Lipinski definition) is 6. The molecule has 1 heterocycles. The fraction of sp³-hybridized carbons (Fsp3) is 0.500. The molecule has 1 rings (SSSR count). The van der Waals surface area contributed by atoms with Gasteiger partial charge in [0.05, 0.1) is 12.7 Å². The zero-order valence-electron chi connectivity index (χ0n) is 6.98. The summed E-state index contributed by atoms with van der Waals surface area (Å²) in [5, 5.41) is 27.1. The van der Waals surface area contributed by atoms with Crippen molar-refractivity contribution in [3.05, 3.63) is 10.4 Å². The monoisotopic (exact) mass is 238 g/mol. The van der Waals surface area contributed by atoms with E-state index in [-0.39, 0.29) is 29.4 Å². The highest BCUT2D eigenvalue weighted by atomic mass is 35.5. The molecular formula is C6H8Cl2N4O2. The average molecular weight is 239 g/mol. The molecule has 8 heteroatoms. The van der Waals surface area contributed by atoms with E-state index in [4.69, 9.17) is 33.4 Å². The van der Waals surface area contributed by atoms with Gasteiger partial charge in [-0.15, -0.1) is 10.2 Å². The van der Waals surface area contributed by atoms with Crippen LogP contribution in [0.3, 0.4) is 0 Å². The van der Waals surface area contributed by atoms with E-state index in [1.807, 2.05) is 0 Å². The Labute approximate surface area is 89.9 Å². The van der Waals surface area contributed by atoms with Gasteiger partial charge in [0.1, 0.15) is 0 Å². The quantitative estimate of drug-likeness (QED) is 0.682. The van der Waals surface area contributed by atoms with Crippen LogP contribution in [0.2, 0.25) is 10.4 Å². The normalized spacial score (nSPS) is 12.6. The number of halogens is 2. The fourth-order valence-corrected chi connectivity index (χ4v) is 0.954. The largest absolute Gasteiger partial charge is 0.394 e. The number of nitrogens with one attached hydrogen (secondary N) is 1. The minimum atomic E-state index is -0.889. The molecule has 14 heavy (non-hydrogen) atoms. The van der Waals surface area contributed by atoms with Crippen molar-refractivity contribution < 1.29 is 10.2 Å². The minimum Gasteiger partial charge on any atom is -0.394 e. The van der Waals surface area contributed by atoms with E-state index in [0.717, 1.165) is 0 Å². The lowest BCUT2D eigenvalue weighted by atomic mass is 10.4. The maximum absolute atomic E-state index is 9.03. The Kier molecular flexibility index (Phi) is 4.27. The van der Waals surface area contributed by atoms with Crippen molar-refractivity contribution in [2.75, 3.05) is 18.5 Å². The van der Waals surface area contributed by atoms with Crippen molar-refractivity contribution in [1.82, 2.24) is 15.2 Å². The van der Waals surface area contributed by atoms with Crippen LogP contribution in [0.1, 0.15) is 0 Å². The Hall–Kier alpha value is -0.690. The van der Waals surface area contributed by atoms with Crippen molar-refractivity contribution in [1.29, 1.82) is 0 Å². The molecule has 1 aromatic rings. The molecule has 0 aliphatic carbocycles. The SMILES string of the molecule is OCC(O)CNc1nc(Cl)nnc1Cl. The van der Waals surface area contributed by atoms with Gasteiger partial charge in [-0.1, -0.05) is 11.6 Å². The summed E-state index contributed by atoms with van der Waals surface area (Å²) in [7, 11) is 0. The molecule has 0 spiro atoms. The highest BCUT2D eigenvalue weighted by molar-refractivity contribution is 6.32. The number of anilines is 1. The van der Waals surface area contributed by atoms with Gasteiger partial charge in [0.15, 0.2) is 11.0 Å². The number of aliphatic hydroxyl groups is 2. The lowest BCUT2D eigenvalue weighted by molar-refractivity contribution is 0.105. The first-order valence-corrected chi connectivity index (χ1v) is 4.47. The third-order valence-corrected chi connectivity index (χ3v) is 1.75. The smallest absolute Gasteiger partial charge is 0.245 e. The first kappa shape index (κ1) is 11.4. The van der Waals surface area contributed by atoms with Crippen molar-refractivity contribution in [3.8, 4) is 0 Å². The molecule has 0 radical (unpaired) electrons. The predicted molar refractivity (Wildman–Crippen MR) is 51.4 cm³/mol. The lowest BCUT2D eigenvalue weighted by Crippen LogP contribution is -2.23. The lowest BCUT2D eigenvalue weighted by Gasteiger charge is -2.09. The Morgan fingerprint density at radius 3 is 2.71 bits per heavy atom. The van der Waals surface area contributed by atoms with E-state index in [1.165, 1.54) is 0 Å². The molecule has 0 saturated heterocycles. The number of aromatic nitrogens is 3. The van der Waals surface area contributed by atoms with E-state index < -0.39 is 6.10 Å². The maximum atomic E-state index is 9.03. The molecule has 1 aromatic heterocycles. The summed E-state index contributed by atoms with van der Waals surface area (Å²) in [6, 6.07) is 0. The number of rotatable bonds is 4. The Morgan fingerprint density at radius 2 is 2.07 bits per heavy atom. The van der Waals surface area contributed by atoms with Crippen LogP contribution in [-0.4, -0.2) is 44.7 Å². The fourth-order valence-electron chi connectivity index (χ4n) is 0.685. The van der Waals surface area contributed by atoms with Gasteiger partial charge in [0, 0.05) is 6.54 Å². The van der Waals surface area contributed by atoms with Crippen LogP contribution in [0.15, 0.2) is 0 Å². The summed E-state index contributed by atoms with van der Waals surface area (Å²) in [4.78, 5) is 3.73. The molecule has 78 valence electrons. The molecule has 6 nitrogen and oxygen atoms in total. The first-order valence-electron chi connectivity index (χ1n) is 3.72. The Morgan fingerprint density at radius 1 is 1.36 bits per heavy atom. The molecule has 0 fully saturated rings. The van der Waals surface area contributed by atoms with Gasteiger partial charge < -0.3 is 15.5 Å². The van der Waals surface area contributed by atoms with Crippen LogP contribution in [-0.2, 0) is 0 Å². The number of hydrogen-bond donors (Lipinski definition) is 3. The first-order chi connectivity index (χ1) is 6.63. The third-order valence-electron chi connectivity index (χ3n) is 1.34. The summed E-state index contributed by atoms with van der Waals surface area (Å²) in [5.74, 6) is 0.221. The Bertz CT molecular complexity index is 312. The van der Waals surface area contributed by atoms with E-state index >= 15 is 0 Å². The van der Waals surface area contributed by atoms with Gasteiger partial charge in [-0.25, -0.2) is 0 Å². The second kappa shape index (κ2) is 5.26. The van der Waals surface area contributed by atoms with Crippen LogP contribution in [0, 0.1) is 0 Å². The zero-order chi connectivity index (χ0) is 10.6. The van der Waals surface area contributed by atoms with Gasteiger partial charge in [-0.3, -0.25) is 0 Å². The van der Waals surface area contributed by atoms with Crippen LogP contribution in [0.4, 0.5) is 5.82 Å². The van der Waals surface area contributed by atoms with E-state index in [2.05, 4.69) is 20.5 Å². The molecule has 1 unspecified atom stereocenters. The Balaban J connectivity index is 2.62. The van der Waals surface area contributed by atoms with Crippen molar-refractivity contribution in [2.24, 2.45) is 0 Å². The number of aliphatic hydroxyl groups excluding tert-OH is 2. The molecule has 0 aliphatic rings. The van der Waals surface area contributed by atoms with Crippen molar-refractivity contribution >= 4 is 29.0 Å². The van der Waals surface area contributed by atoms with Gasteiger partial charge in [0.25, 0.3) is 0 Å². The maximum Gasteiger partial charge on any atom is 0.245 e. The average Bonchev–Trinajstić information content (AvgIpc) is 2.19. The van der Waals surface area contributed by atoms with E-state index in [0.29, 0.717) is 0 Å². The molecule has 0 aliphatic heterocycles. The number of nitrogens with zero attached hydrogens (tertiary/aromatic N) is 3. The molecule has 1 atom stereocenters. The summed E-state index contributed by atoms with van der Waals surface area (Å²) in [6.07, 6.45) is -0.889. The van der Waals surface area contributed by atoms with Crippen molar-refractivity contribution in [3.63, 3.8) is 0 Å². The van der Waals surface area contributed by atoms with Gasteiger partial charge >= 0.3 is 0 Å². The molecular weight excluding hydrogens is 231 g/mol. The summed E-state index contributed by atoms with van der Waals surface area (Å²) in [6.45, 7) is -0.248. The van der Waals surface area contributed by atoms with Crippen LogP contribution in [0.5, 0.6) is 0 Å². The van der Waals surface area contributed by atoms with Crippen molar-refractivity contribution in [2.45, 2.75) is 6.10 Å². The standard InChI is InChI=1S/C6H8Cl2N4O2/c7-4-5(9-1-3(14)2-13)10-6(8)12-11-4/h3,13-14H,1-2H2,(H,9,10,12). The highest BCUT2D eigenvalue weighted by Gasteiger charge is 2.07. The van der Waals surface area contributed by atoms with Crippen LogP contribution < -0.4 is 5.32 Å². The zero-order valence-corrected chi connectivity index (χ0v) is 8.50. The molecule has 0 bridgehead atoms.